The van der Waals surface area contributed by atoms with Crippen molar-refractivity contribution >= 4 is 5.91 Å². The Morgan fingerprint density at radius 1 is 1.21 bits per heavy atom. The first-order valence-corrected chi connectivity index (χ1v) is 9.11. The number of carbonyl (C=O) groups is 1. The van der Waals surface area contributed by atoms with Crippen molar-refractivity contribution in [1.82, 2.24) is 15.0 Å². The lowest BCUT2D eigenvalue weighted by molar-refractivity contribution is 0.0744. The zero-order valence-electron chi connectivity index (χ0n) is 16.0. The Balaban J connectivity index is 1.77. The predicted octanol–water partition coefficient (Wildman–Crippen LogP) is 4.35. The van der Waals surface area contributed by atoms with Crippen molar-refractivity contribution in [3.8, 4) is 17.1 Å². The molecule has 0 unspecified atom stereocenters. The fraction of sp³-hybridized carbons (Fsp3) is 0.227. The molecule has 0 N–H and O–H groups in total. The minimum absolute atomic E-state index is 0.0319. The summed E-state index contributed by atoms with van der Waals surface area (Å²) in [5, 5.41) is 4.01. The van der Waals surface area contributed by atoms with E-state index >= 15 is 0 Å². The third kappa shape index (κ3) is 4.85. The first-order chi connectivity index (χ1) is 13.6. The van der Waals surface area contributed by atoms with Crippen molar-refractivity contribution in [3.63, 3.8) is 0 Å². The molecule has 0 saturated heterocycles. The molecule has 0 aliphatic heterocycles. The Bertz CT molecular complexity index is 935. The molecule has 0 radical (unpaired) electrons. The summed E-state index contributed by atoms with van der Waals surface area (Å²) in [6.07, 6.45) is 1.70. The smallest absolute Gasteiger partial charge is 0.254 e. The van der Waals surface area contributed by atoms with Gasteiger partial charge in [0, 0.05) is 17.7 Å². The lowest BCUT2D eigenvalue weighted by Crippen LogP contribution is -2.30. The largest absolute Gasteiger partial charge is 0.491 e. The molecule has 6 nitrogen and oxygen atoms in total. The fourth-order valence-electron chi connectivity index (χ4n) is 2.72. The van der Waals surface area contributed by atoms with Gasteiger partial charge in [-0.25, -0.2) is 0 Å². The molecule has 28 heavy (non-hydrogen) atoms. The van der Waals surface area contributed by atoms with Crippen LogP contribution in [-0.2, 0) is 6.54 Å². The standard InChI is InChI=1S/C22H23N3O3/c1-4-13-25(22(26)18-11-8-12-19(14-18)27-16(2)3)15-20-23-21(24-28-20)17-9-6-5-7-10-17/h4-12,14,16H,1,13,15H2,2-3H3. The second kappa shape index (κ2) is 8.99. The average molecular weight is 377 g/mol. The van der Waals surface area contributed by atoms with Crippen LogP contribution in [0.2, 0.25) is 0 Å². The van der Waals surface area contributed by atoms with Crippen molar-refractivity contribution in [2.24, 2.45) is 0 Å². The molecule has 0 atom stereocenters. The molecule has 0 bridgehead atoms. The lowest BCUT2D eigenvalue weighted by Gasteiger charge is -2.19. The van der Waals surface area contributed by atoms with Crippen LogP contribution in [0.25, 0.3) is 11.4 Å². The number of aromatic nitrogens is 2. The van der Waals surface area contributed by atoms with Crippen molar-refractivity contribution in [2.75, 3.05) is 6.54 Å². The summed E-state index contributed by atoms with van der Waals surface area (Å²) >= 11 is 0. The Hall–Kier alpha value is -3.41. The van der Waals surface area contributed by atoms with E-state index in [0.717, 1.165) is 5.56 Å². The van der Waals surface area contributed by atoms with Crippen LogP contribution in [0.1, 0.15) is 30.1 Å². The second-order valence-electron chi connectivity index (χ2n) is 6.55. The highest BCUT2D eigenvalue weighted by Gasteiger charge is 2.19. The van der Waals surface area contributed by atoms with Crippen LogP contribution in [0.5, 0.6) is 5.75 Å². The van der Waals surface area contributed by atoms with E-state index in [1.165, 1.54) is 0 Å². The minimum atomic E-state index is -0.159. The second-order valence-corrected chi connectivity index (χ2v) is 6.55. The van der Waals surface area contributed by atoms with Crippen molar-refractivity contribution in [2.45, 2.75) is 26.5 Å². The van der Waals surface area contributed by atoms with Gasteiger partial charge in [-0.1, -0.05) is 47.6 Å². The van der Waals surface area contributed by atoms with Gasteiger partial charge in [0.1, 0.15) is 12.3 Å². The molecule has 3 aromatic rings. The van der Waals surface area contributed by atoms with Gasteiger partial charge in [0.15, 0.2) is 0 Å². The van der Waals surface area contributed by atoms with Gasteiger partial charge < -0.3 is 14.2 Å². The molecule has 0 spiro atoms. The molecule has 0 aliphatic carbocycles. The van der Waals surface area contributed by atoms with Crippen LogP contribution < -0.4 is 4.74 Å². The highest BCUT2D eigenvalue weighted by atomic mass is 16.5. The summed E-state index contributed by atoms with van der Waals surface area (Å²) in [4.78, 5) is 19.0. The van der Waals surface area contributed by atoms with Gasteiger partial charge in [0.25, 0.3) is 5.91 Å². The zero-order chi connectivity index (χ0) is 19.9. The molecule has 0 aliphatic rings. The zero-order valence-corrected chi connectivity index (χ0v) is 16.0. The maximum atomic E-state index is 13.0. The molecule has 1 heterocycles. The van der Waals surface area contributed by atoms with Gasteiger partial charge in [0.2, 0.25) is 11.7 Å². The van der Waals surface area contributed by atoms with Gasteiger partial charge in [-0.05, 0) is 32.0 Å². The highest BCUT2D eigenvalue weighted by Crippen LogP contribution is 2.19. The lowest BCUT2D eigenvalue weighted by atomic mass is 10.2. The van der Waals surface area contributed by atoms with Gasteiger partial charge in [-0.2, -0.15) is 4.98 Å². The first-order valence-electron chi connectivity index (χ1n) is 9.11. The Morgan fingerprint density at radius 2 is 2.00 bits per heavy atom. The fourth-order valence-corrected chi connectivity index (χ4v) is 2.72. The maximum absolute atomic E-state index is 13.0. The monoisotopic (exact) mass is 377 g/mol. The van der Waals surface area contributed by atoms with E-state index in [1.807, 2.05) is 50.2 Å². The van der Waals surface area contributed by atoms with Gasteiger partial charge >= 0.3 is 0 Å². The quantitative estimate of drug-likeness (QED) is 0.546. The topological polar surface area (TPSA) is 68.5 Å². The summed E-state index contributed by atoms with van der Waals surface area (Å²) < 4.78 is 11.0. The molecular weight excluding hydrogens is 354 g/mol. The Labute approximate surface area is 164 Å². The molecule has 1 aromatic heterocycles. The SMILES string of the molecule is C=CCN(Cc1nc(-c2ccccc2)no1)C(=O)c1cccc(OC(C)C)c1. The summed E-state index contributed by atoms with van der Waals surface area (Å²) in [6, 6.07) is 16.7. The van der Waals surface area contributed by atoms with E-state index in [1.54, 1.807) is 29.2 Å². The number of nitrogens with zero attached hydrogens (tertiary/aromatic N) is 3. The van der Waals surface area contributed by atoms with Gasteiger partial charge in [-0.15, -0.1) is 6.58 Å². The highest BCUT2D eigenvalue weighted by molar-refractivity contribution is 5.94. The molecule has 3 rings (SSSR count). The number of benzene rings is 2. The van der Waals surface area contributed by atoms with Crippen molar-refractivity contribution in [1.29, 1.82) is 0 Å². The molecular formula is C22H23N3O3. The Kier molecular flexibility index (Phi) is 6.22. The van der Waals surface area contributed by atoms with E-state index < -0.39 is 0 Å². The number of carbonyl (C=O) groups excluding carboxylic acids is 1. The number of amides is 1. The molecule has 6 heteroatoms. The molecule has 144 valence electrons. The third-order valence-electron chi connectivity index (χ3n) is 3.92. The van der Waals surface area contributed by atoms with E-state index in [2.05, 4.69) is 16.7 Å². The summed E-state index contributed by atoms with van der Waals surface area (Å²) in [5.74, 6) is 1.36. The Morgan fingerprint density at radius 3 is 2.71 bits per heavy atom. The molecule has 0 saturated carbocycles. The van der Waals surface area contributed by atoms with Crippen LogP contribution in [0.3, 0.4) is 0 Å². The van der Waals surface area contributed by atoms with Gasteiger partial charge in [-0.3, -0.25) is 4.79 Å². The maximum Gasteiger partial charge on any atom is 0.254 e. The number of rotatable bonds is 8. The summed E-state index contributed by atoms with van der Waals surface area (Å²) in [6.45, 7) is 8.18. The van der Waals surface area contributed by atoms with E-state index in [0.29, 0.717) is 29.6 Å². The van der Waals surface area contributed by atoms with E-state index in [-0.39, 0.29) is 18.6 Å². The van der Waals surface area contributed by atoms with Crippen LogP contribution in [0, 0.1) is 0 Å². The third-order valence-corrected chi connectivity index (χ3v) is 3.92. The predicted molar refractivity (Wildman–Crippen MR) is 107 cm³/mol. The first kappa shape index (κ1) is 19.4. The summed E-state index contributed by atoms with van der Waals surface area (Å²) in [5.41, 5.74) is 1.39. The number of ether oxygens (including phenoxy) is 1. The summed E-state index contributed by atoms with van der Waals surface area (Å²) in [7, 11) is 0. The van der Waals surface area contributed by atoms with Crippen LogP contribution >= 0.6 is 0 Å². The van der Waals surface area contributed by atoms with E-state index in [4.69, 9.17) is 9.26 Å². The average Bonchev–Trinajstić information content (AvgIpc) is 3.16. The number of hydrogen-bond donors (Lipinski definition) is 0. The molecule has 2 aromatic carbocycles. The van der Waals surface area contributed by atoms with E-state index in [9.17, 15) is 4.79 Å². The molecule has 1 amide bonds. The van der Waals surface area contributed by atoms with Crippen LogP contribution in [0.4, 0.5) is 0 Å². The van der Waals surface area contributed by atoms with Crippen LogP contribution in [0.15, 0.2) is 71.8 Å². The normalized spacial score (nSPS) is 10.7. The minimum Gasteiger partial charge on any atom is -0.491 e. The van der Waals surface area contributed by atoms with Crippen molar-refractivity contribution in [3.05, 3.63) is 78.7 Å². The number of hydrogen-bond acceptors (Lipinski definition) is 5. The molecule has 0 fully saturated rings. The van der Waals surface area contributed by atoms with Gasteiger partial charge in [0.05, 0.1) is 6.10 Å². The van der Waals surface area contributed by atoms with Crippen LogP contribution in [-0.4, -0.2) is 33.6 Å². The van der Waals surface area contributed by atoms with Crippen molar-refractivity contribution < 1.29 is 14.1 Å².